The number of rotatable bonds is 4. The molecular weight excluding hydrogens is 707 g/mol. The van der Waals surface area contributed by atoms with Crippen molar-refractivity contribution in [2.24, 2.45) is 0 Å². The van der Waals surface area contributed by atoms with Crippen LogP contribution in [0.5, 0.6) is 0 Å². The Balaban J connectivity index is 1.05. The minimum Gasteiger partial charge on any atom is -0.255 e. The van der Waals surface area contributed by atoms with Crippen molar-refractivity contribution in [3.63, 3.8) is 0 Å². The van der Waals surface area contributed by atoms with E-state index < -0.39 is 0 Å². The van der Waals surface area contributed by atoms with E-state index in [-0.39, 0.29) is 0 Å². The van der Waals surface area contributed by atoms with Gasteiger partial charge in [-0.05, 0) is 130 Å². The minimum atomic E-state index is 1.05. The Morgan fingerprint density at radius 1 is 0.298 bits per heavy atom. The zero-order chi connectivity index (χ0) is 37.5. The summed E-state index contributed by atoms with van der Waals surface area (Å²) >= 11 is 1.83. The summed E-state index contributed by atoms with van der Waals surface area (Å²) in [4.78, 5) is 4.90. The lowest BCUT2D eigenvalue weighted by Gasteiger charge is -2.19. The molecule has 0 radical (unpaired) electrons. The van der Waals surface area contributed by atoms with E-state index in [9.17, 15) is 0 Å². The molecule has 0 aliphatic heterocycles. The molecule has 0 saturated carbocycles. The maximum atomic E-state index is 4.90. The van der Waals surface area contributed by atoms with Crippen LogP contribution < -0.4 is 0 Å². The van der Waals surface area contributed by atoms with Crippen molar-refractivity contribution in [3.05, 3.63) is 200 Å². The third kappa shape index (κ3) is 5.19. The molecule has 1 nitrogen and oxygen atoms in total. The van der Waals surface area contributed by atoms with Gasteiger partial charge in [0.05, 0.1) is 10.4 Å². The highest BCUT2D eigenvalue weighted by molar-refractivity contribution is 7.26. The summed E-state index contributed by atoms with van der Waals surface area (Å²) in [6.45, 7) is 0. The van der Waals surface area contributed by atoms with Crippen LogP contribution in [0.1, 0.15) is 0 Å². The van der Waals surface area contributed by atoms with Gasteiger partial charge >= 0.3 is 0 Å². The summed E-state index contributed by atoms with van der Waals surface area (Å²) in [5.74, 6) is 0. The van der Waals surface area contributed by atoms with Crippen LogP contribution in [0.4, 0.5) is 0 Å². The van der Waals surface area contributed by atoms with Gasteiger partial charge in [-0.25, -0.2) is 0 Å². The number of fused-ring (bicyclic) bond motifs is 8. The fraction of sp³-hybridized carbons (Fsp3) is 0. The summed E-state index contributed by atoms with van der Waals surface area (Å²) in [6, 6.07) is 71.7. The van der Waals surface area contributed by atoms with Gasteiger partial charge in [-0.2, -0.15) is 0 Å². The molecule has 0 fully saturated rings. The smallest absolute Gasteiger partial charge is 0.0880 e. The molecule has 0 unspecified atom stereocenters. The SMILES string of the molecule is c1ccc2cc(-c3c4ccccc4c(-c4ccc5ccccc5c4)c4cc(-c5ccc6cc(-c7nccc8c7sc7ccccc78)ccc6c5)ccc34)ccc2c1. The standard InChI is InChI=1S/C55H33NS/c1-3-11-36-30-42(22-17-34(36)9-1)52-46-14-5-6-15-47(46)53(43-23-18-35-10-2-4-12-37(35)31-43)50-33-41(25-26-48(50)52)39-19-20-40-32-44(24-21-38(40)29-39)54-55-49(27-28-56-54)45-13-7-8-16-51(45)57-55/h1-33H. The maximum absolute atomic E-state index is 4.90. The molecule has 0 N–H and O–H groups in total. The molecule has 10 aromatic carbocycles. The van der Waals surface area contributed by atoms with Gasteiger partial charge < -0.3 is 0 Å². The second kappa shape index (κ2) is 12.7. The Bertz CT molecular complexity index is 3590. The molecule has 2 heteroatoms. The van der Waals surface area contributed by atoms with Gasteiger partial charge in [-0.15, -0.1) is 11.3 Å². The van der Waals surface area contributed by atoms with E-state index in [1.54, 1.807) is 0 Å². The van der Waals surface area contributed by atoms with E-state index in [0.717, 1.165) is 11.3 Å². The predicted molar refractivity (Wildman–Crippen MR) is 246 cm³/mol. The number of pyridine rings is 1. The Labute approximate surface area is 333 Å². The highest BCUT2D eigenvalue weighted by atomic mass is 32.1. The van der Waals surface area contributed by atoms with Gasteiger partial charge in [-0.1, -0.05) is 152 Å². The third-order valence-electron chi connectivity index (χ3n) is 11.8. The Kier molecular flexibility index (Phi) is 7.17. The molecule has 0 aliphatic rings. The van der Waals surface area contributed by atoms with Crippen molar-refractivity contribution in [1.29, 1.82) is 0 Å². The Morgan fingerprint density at radius 3 is 1.46 bits per heavy atom. The highest BCUT2D eigenvalue weighted by Crippen LogP contribution is 2.46. The molecule has 0 spiro atoms. The summed E-state index contributed by atoms with van der Waals surface area (Å²) in [6.07, 6.45) is 1.95. The zero-order valence-corrected chi connectivity index (χ0v) is 31.7. The highest BCUT2D eigenvalue weighted by Gasteiger charge is 2.19. The summed E-state index contributed by atoms with van der Waals surface area (Å²) in [5.41, 5.74) is 9.59. The second-order valence-corrected chi connectivity index (χ2v) is 16.1. The van der Waals surface area contributed by atoms with Crippen molar-refractivity contribution in [3.8, 4) is 44.6 Å². The number of benzene rings is 10. The molecule has 0 atom stereocenters. The molecule has 264 valence electrons. The lowest BCUT2D eigenvalue weighted by Crippen LogP contribution is -1.92. The van der Waals surface area contributed by atoms with Crippen LogP contribution in [0, 0.1) is 0 Å². The lowest BCUT2D eigenvalue weighted by atomic mass is 9.84. The van der Waals surface area contributed by atoms with Crippen molar-refractivity contribution >= 4 is 85.4 Å². The van der Waals surface area contributed by atoms with Gasteiger partial charge in [0.25, 0.3) is 0 Å². The van der Waals surface area contributed by atoms with E-state index in [1.165, 1.54) is 107 Å². The molecule has 0 amide bonds. The van der Waals surface area contributed by atoms with Gasteiger partial charge in [0.2, 0.25) is 0 Å². The molecule has 12 rings (SSSR count). The quantitative estimate of drug-likeness (QED) is 0.164. The lowest BCUT2D eigenvalue weighted by molar-refractivity contribution is 1.37. The first kappa shape index (κ1) is 32.1. The summed E-state index contributed by atoms with van der Waals surface area (Å²) in [7, 11) is 0. The molecule has 0 aliphatic carbocycles. The van der Waals surface area contributed by atoms with Crippen LogP contribution in [-0.4, -0.2) is 4.98 Å². The molecule has 0 bridgehead atoms. The van der Waals surface area contributed by atoms with E-state index in [4.69, 9.17) is 4.98 Å². The van der Waals surface area contributed by atoms with E-state index in [0.29, 0.717) is 0 Å². The van der Waals surface area contributed by atoms with Crippen molar-refractivity contribution in [2.45, 2.75) is 0 Å². The van der Waals surface area contributed by atoms with Crippen LogP contribution in [0.15, 0.2) is 200 Å². The third-order valence-corrected chi connectivity index (χ3v) is 13.0. The number of aromatic nitrogens is 1. The molecule has 12 aromatic rings. The van der Waals surface area contributed by atoms with Crippen molar-refractivity contribution < 1.29 is 0 Å². The van der Waals surface area contributed by atoms with Gasteiger partial charge in [0.1, 0.15) is 0 Å². The van der Waals surface area contributed by atoms with Crippen LogP contribution in [0.3, 0.4) is 0 Å². The van der Waals surface area contributed by atoms with E-state index in [1.807, 2.05) is 17.5 Å². The van der Waals surface area contributed by atoms with E-state index in [2.05, 4.69) is 194 Å². The maximum Gasteiger partial charge on any atom is 0.0880 e. The minimum absolute atomic E-state index is 1.05. The zero-order valence-electron chi connectivity index (χ0n) is 30.9. The summed E-state index contributed by atoms with van der Waals surface area (Å²) < 4.78 is 2.53. The second-order valence-electron chi connectivity index (χ2n) is 15.1. The average molecular weight is 740 g/mol. The van der Waals surface area contributed by atoms with Gasteiger partial charge in [0.15, 0.2) is 0 Å². The van der Waals surface area contributed by atoms with Crippen LogP contribution in [0.2, 0.25) is 0 Å². The van der Waals surface area contributed by atoms with Crippen molar-refractivity contribution in [1.82, 2.24) is 4.98 Å². The number of hydrogen-bond donors (Lipinski definition) is 0. The van der Waals surface area contributed by atoms with Gasteiger partial charge in [-0.3, -0.25) is 4.98 Å². The Hall–Kier alpha value is -7.13. The summed E-state index contributed by atoms with van der Waals surface area (Å²) in [5, 5.41) is 15.0. The van der Waals surface area contributed by atoms with Gasteiger partial charge in [0, 0.05) is 27.2 Å². The Morgan fingerprint density at radius 2 is 0.754 bits per heavy atom. The number of thiophene rings is 1. The average Bonchev–Trinajstić information content (AvgIpc) is 3.66. The first-order valence-corrected chi connectivity index (χ1v) is 20.3. The normalized spacial score (nSPS) is 11.9. The topological polar surface area (TPSA) is 12.9 Å². The molecule has 2 heterocycles. The van der Waals surface area contributed by atoms with Crippen LogP contribution in [0.25, 0.3) is 119 Å². The predicted octanol–water partition coefficient (Wildman–Crippen LogP) is 15.9. The molecule has 2 aromatic heterocycles. The van der Waals surface area contributed by atoms with Crippen LogP contribution >= 0.6 is 11.3 Å². The van der Waals surface area contributed by atoms with Crippen molar-refractivity contribution in [2.75, 3.05) is 0 Å². The molecule has 57 heavy (non-hydrogen) atoms. The number of nitrogens with zero attached hydrogens (tertiary/aromatic N) is 1. The molecular formula is C55H33NS. The molecule has 0 saturated heterocycles. The van der Waals surface area contributed by atoms with E-state index >= 15 is 0 Å². The number of hydrogen-bond acceptors (Lipinski definition) is 2. The fourth-order valence-corrected chi connectivity index (χ4v) is 10.3. The van der Waals surface area contributed by atoms with Crippen LogP contribution in [-0.2, 0) is 0 Å². The fourth-order valence-electron chi connectivity index (χ4n) is 9.10. The first-order valence-electron chi connectivity index (χ1n) is 19.5. The first-order chi connectivity index (χ1) is 28.2. The monoisotopic (exact) mass is 739 g/mol. The largest absolute Gasteiger partial charge is 0.255 e.